The Kier molecular flexibility index (Phi) is 6.18. The lowest BCUT2D eigenvalue weighted by Gasteiger charge is -2.51. The summed E-state index contributed by atoms with van der Waals surface area (Å²) in [4.78, 5) is 17.6. The van der Waals surface area contributed by atoms with E-state index in [0.717, 1.165) is 57.7 Å². The molecule has 4 aliphatic heterocycles. The Bertz CT molecular complexity index is 991. The Morgan fingerprint density at radius 1 is 1.03 bits per heavy atom. The van der Waals surface area contributed by atoms with Crippen molar-refractivity contribution in [2.45, 2.75) is 38.0 Å². The van der Waals surface area contributed by atoms with E-state index in [1.54, 1.807) is 0 Å². The molecule has 4 nitrogen and oxygen atoms in total. The van der Waals surface area contributed by atoms with Gasteiger partial charge in [-0.3, -0.25) is 14.6 Å². The van der Waals surface area contributed by atoms with E-state index in [0.29, 0.717) is 24.4 Å². The highest BCUT2D eigenvalue weighted by atomic mass is 19.4. The lowest BCUT2D eigenvalue weighted by atomic mass is 9.75. The number of nitrogens with one attached hydrogen (secondary N) is 1. The van der Waals surface area contributed by atoms with Crippen molar-refractivity contribution < 1.29 is 18.0 Å². The number of amides is 1. The first-order valence-electron chi connectivity index (χ1n) is 11.9. The number of benzene rings is 2. The van der Waals surface area contributed by atoms with Gasteiger partial charge in [-0.15, -0.1) is 0 Å². The van der Waals surface area contributed by atoms with Crippen LogP contribution in [0.4, 0.5) is 13.2 Å². The molecule has 0 radical (unpaired) electrons. The third kappa shape index (κ3) is 4.94. The van der Waals surface area contributed by atoms with Gasteiger partial charge in [-0.25, -0.2) is 0 Å². The van der Waals surface area contributed by atoms with Crippen LogP contribution in [0.3, 0.4) is 0 Å². The fraction of sp³-hybridized carbons (Fsp3) is 0.500. The average Bonchev–Trinajstić information content (AvgIpc) is 2.82. The molecule has 0 aromatic heterocycles. The summed E-state index contributed by atoms with van der Waals surface area (Å²) in [6.45, 7) is 5.94. The van der Waals surface area contributed by atoms with Gasteiger partial charge in [0, 0.05) is 44.3 Å². The normalized spacial score (nSPS) is 27.2. The molecule has 3 fully saturated rings. The van der Waals surface area contributed by atoms with Crippen LogP contribution in [0.1, 0.15) is 39.9 Å². The van der Waals surface area contributed by atoms with Crippen LogP contribution in [-0.4, -0.2) is 54.5 Å². The first kappa shape index (κ1) is 22.4. The molecule has 4 aliphatic rings. The van der Waals surface area contributed by atoms with Crippen molar-refractivity contribution in [2.24, 2.45) is 11.8 Å². The SMILES string of the molecule is O=C(NC[C@H]1C[C@@H]2CCN1C[C@H]2CN1CCc2ccccc2C1)c1ccc(C(F)(F)F)cc1. The maximum Gasteiger partial charge on any atom is 0.416 e. The van der Waals surface area contributed by atoms with Gasteiger partial charge < -0.3 is 5.32 Å². The highest BCUT2D eigenvalue weighted by molar-refractivity contribution is 5.94. The molecule has 1 amide bonds. The fourth-order valence-electron chi connectivity index (χ4n) is 5.83. The van der Waals surface area contributed by atoms with Gasteiger partial charge in [-0.2, -0.15) is 13.2 Å². The van der Waals surface area contributed by atoms with E-state index >= 15 is 0 Å². The van der Waals surface area contributed by atoms with E-state index in [1.807, 2.05) is 0 Å². The molecule has 0 aliphatic carbocycles. The summed E-state index contributed by atoms with van der Waals surface area (Å²) < 4.78 is 38.2. The second-order valence-electron chi connectivity index (χ2n) is 9.73. The molecule has 4 atom stereocenters. The minimum absolute atomic E-state index is 0.266. The third-order valence-corrected chi connectivity index (χ3v) is 7.69. The van der Waals surface area contributed by atoms with Crippen LogP contribution in [0.25, 0.3) is 0 Å². The van der Waals surface area contributed by atoms with Gasteiger partial charge in [-0.1, -0.05) is 24.3 Å². The molecular weight excluding hydrogens is 427 g/mol. The average molecular weight is 458 g/mol. The van der Waals surface area contributed by atoms with Crippen molar-refractivity contribution in [3.63, 3.8) is 0 Å². The topological polar surface area (TPSA) is 35.6 Å². The van der Waals surface area contributed by atoms with E-state index in [9.17, 15) is 18.0 Å². The number of halogens is 3. The van der Waals surface area contributed by atoms with Crippen molar-refractivity contribution in [3.05, 3.63) is 70.8 Å². The number of hydrogen-bond acceptors (Lipinski definition) is 3. The van der Waals surface area contributed by atoms with Gasteiger partial charge in [0.2, 0.25) is 0 Å². The number of alkyl halides is 3. The standard InChI is InChI=1S/C26H30F3N3O/c27-26(28,29)23-7-5-19(6-8-23)25(33)30-14-24-13-20-10-12-32(24)17-22(20)16-31-11-9-18-3-1-2-4-21(18)15-31/h1-8,20,22,24H,9-17H2,(H,30,33)/t20-,22+,24+/m0/s1. The van der Waals surface area contributed by atoms with Gasteiger partial charge in [0.05, 0.1) is 5.56 Å². The number of carbonyl (C=O) groups excluding carboxylic acids is 1. The Balaban J connectivity index is 1.12. The number of rotatable bonds is 5. The summed E-state index contributed by atoms with van der Waals surface area (Å²) in [5.41, 5.74) is 2.46. The van der Waals surface area contributed by atoms with E-state index in [2.05, 4.69) is 39.4 Å². The zero-order chi connectivity index (χ0) is 23.0. The molecule has 2 aromatic carbocycles. The number of carbonyl (C=O) groups is 1. The molecule has 1 unspecified atom stereocenters. The van der Waals surface area contributed by atoms with Crippen molar-refractivity contribution in [3.8, 4) is 0 Å². The molecule has 7 heteroatoms. The maximum atomic E-state index is 12.7. The lowest BCUT2D eigenvalue weighted by molar-refractivity contribution is -0.137. The van der Waals surface area contributed by atoms with Gasteiger partial charge >= 0.3 is 6.18 Å². The monoisotopic (exact) mass is 457 g/mol. The molecule has 176 valence electrons. The Morgan fingerprint density at radius 2 is 1.79 bits per heavy atom. The van der Waals surface area contributed by atoms with Crippen LogP contribution in [0.5, 0.6) is 0 Å². The van der Waals surface area contributed by atoms with Gasteiger partial charge in [-0.05, 0) is 73.0 Å². The highest BCUT2D eigenvalue weighted by Crippen LogP contribution is 2.37. The molecule has 33 heavy (non-hydrogen) atoms. The molecule has 2 aromatic rings. The molecule has 4 heterocycles. The zero-order valence-electron chi connectivity index (χ0n) is 18.7. The predicted molar refractivity (Wildman–Crippen MR) is 121 cm³/mol. The van der Waals surface area contributed by atoms with Crippen LogP contribution in [0.2, 0.25) is 0 Å². The second-order valence-corrected chi connectivity index (χ2v) is 9.73. The molecule has 3 saturated heterocycles. The summed E-state index contributed by atoms with van der Waals surface area (Å²) in [5.74, 6) is 1.01. The number of fused-ring (bicyclic) bond motifs is 4. The van der Waals surface area contributed by atoms with Crippen molar-refractivity contribution in [1.82, 2.24) is 15.1 Å². The smallest absolute Gasteiger partial charge is 0.350 e. The van der Waals surface area contributed by atoms with Crippen LogP contribution in [0.15, 0.2) is 48.5 Å². The minimum atomic E-state index is -4.39. The third-order valence-electron chi connectivity index (χ3n) is 7.69. The van der Waals surface area contributed by atoms with Crippen molar-refractivity contribution in [2.75, 3.05) is 32.7 Å². The summed E-state index contributed by atoms with van der Waals surface area (Å²) in [6.07, 6.45) is -0.992. The Labute approximate surface area is 192 Å². The quantitative estimate of drug-likeness (QED) is 0.731. The van der Waals surface area contributed by atoms with Gasteiger partial charge in [0.15, 0.2) is 0 Å². The first-order chi connectivity index (χ1) is 15.9. The molecule has 2 bridgehead atoms. The summed E-state index contributed by atoms with van der Waals surface area (Å²) in [5, 5.41) is 2.95. The van der Waals surface area contributed by atoms with Gasteiger partial charge in [0.1, 0.15) is 0 Å². The fourth-order valence-corrected chi connectivity index (χ4v) is 5.83. The van der Waals surface area contributed by atoms with E-state index in [4.69, 9.17) is 0 Å². The zero-order valence-corrected chi connectivity index (χ0v) is 18.7. The molecule has 6 rings (SSSR count). The van der Waals surface area contributed by atoms with Gasteiger partial charge in [0.25, 0.3) is 5.91 Å². The molecule has 0 saturated carbocycles. The number of nitrogens with zero attached hydrogens (tertiary/aromatic N) is 2. The van der Waals surface area contributed by atoms with Crippen LogP contribution in [0, 0.1) is 11.8 Å². The summed E-state index contributed by atoms with van der Waals surface area (Å²) >= 11 is 0. The second kappa shape index (κ2) is 9.11. The van der Waals surface area contributed by atoms with Crippen LogP contribution < -0.4 is 5.32 Å². The van der Waals surface area contributed by atoms with Crippen LogP contribution in [-0.2, 0) is 19.1 Å². The highest BCUT2D eigenvalue weighted by Gasteiger charge is 2.40. The molecule has 0 spiro atoms. The van der Waals surface area contributed by atoms with E-state index in [-0.39, 0.29) is 11.5 Å². The predicted octanol–water partition coefficient (Wildman–Crippen LogP) is 4.20. The largest absolute Gasteiger partial charge is 0.416 e. The van der Waals surface area contributed by atoms with E-state index in [1.165, 1.54) is 29.7 Å². The minimum Gasteiger partial charge on any atom is -0.350 e. The Hall–Kier alpha value is -2.38. The summed E-state index contributed by atoms with van der Waals surface area (Å²) in [6, 6.07) is 13.5. The molecule has 1 N–H and O–H groups in total. The maximum absolute atomic E-state index is 12.7. The van der Waals surface area contributed by atoms with Crippen molar-refractivity contribution in [1.29, 1.82) is 0 Å². The Morgan fingerprint density at radius 3 is 2.48 bits per heavy atom. The first-order valence-corrected chi connectivity index (χ1v) is 11.9. The summed E-state index contributed by atoms with van der Waals surface area (Å²) in [7, 11) is 0. The van der Waals surface area contributed by atoms with E-state index < -0.39 is 11.7 Å². The lowest BCUT2D eigenvalue weighted by Crippen LogP contribution is -2.58. The van der Waals surface area contributed by atoms with Crippen molar-refractivity contribution >= 4 is 5.91 Å². The number of hydrogen-bond donors (Lipinski definition) is 1. The molecular formula is C26H30F3N3O. The van der Waals surface area contributed by atoms with Crippen LogP contribution >= 0.6 is 0 Å². The number of piperidine rings is 3.